The average molecular weight is 336 g/mol. The van der Waals surface area contributed by atoms with Crippen LogP contribution in [0, 0.1) is 17.8 Å². The van der Waals surface area contributed by atoms with Crippen molar-refractivity contribution in [3.63, 3.8) is 0 Å². The molecule has 1 aromatic carbocycles. The molecule has 6 heteroatoms. The van der Waals surface area contributed by atoms with E-state index in [-0.39, 0.29) is 28.8 Å². The minimum absolute atomic E-state index is 0.0199. The number of rotatable bonds is 4. The SMILES string of the molecule is CC(NC(=O)C1C2CCC(C2)C1N)c1ccc(S(C)(=O)=O)cc1. The van der Waals surface area contributed by atoms with Gasteiger partial charge in [0.1, 0.15) is 0 Å². The highest BCUT2D eigenvalue weighted by atomic mass is 32.2. The summed E-state index contributed by atoms with van der Waals surface area (Å²) in [5, 5.41) is 3.04. The number of benzene rings is 1. The van der Waals surface area contributed by atoms with Gasteiger partial charge in [-0.2, -0.15) is 0 Å². The second-order valence-corrected chi connectivity index (χ2v) is 9.02. The Labute approximate surface area is 137 Å². The number of nitrogens with two attached hydrogens (primary N) is 1. The van der Waals surface area contributed by atoms with Crippen LogP contribution < -0.4 is 11.1 Å². The number of sulfone groups is 1. The third kappa shape index (κ3) is 3.15. The van der Waals surface area contributed by atoms with Crippen LogP contribution in [-0.4, -0.2) is 26.6 Å². The molecule has 0 radical (unpaired) electrons. The first-order valence-electron chi connectivity index (χ1n) is 8.13. The molecule has 126 valence electrons. The van der Waals surface area contributed by atoms with E-state index in [0.717, 1.165) is 24.8 Å². The van der Waals surface area contributed by atoms with Crippen molar-refractivity contribution in [2.24, 2.45) is 23.5 Å². The molecule has 0 heterocycles. The molecule has 5 nitrogen and oxygen atoms in total. The molecule has 0 aliphatic heterocycles. The van der Waals surface area contributed by atoms with Crippen molar-refractivity contribution in [1.82, 2.24) is 5.32 Å². The van der Waals surface area contributed by atoms with E-state index in [0.29, 0.717) is 11.8 Å². The van der Waals surface area contributed by atoms with E-state index in [1.807, 2.05) is 6.92 Å². The minimum Gasteiger partial charge on any atom is -0.349 e. The Balaban J connectivity index is 1.67. The summed E-state index contributed by atoms with van der Waals surface area (Å²) in [6.45, 7) is 1.91. The number of hydrogen-bond donors (Lipinski definition) is 2. The van der Waals surface area contributed by atoms with Gasteiger partial charge < -0.3 is 11.1 Å². The molecule has 2 fully saturated rings. The van der Waals surface area contributed by atoms with Crippen LogP contribution in [0.25, 0.3) is 0 Å². The second-order valence-electron chi connectivity index (χ2n) is 7.01. The summed E-state index contributed by atoms with van der Waals surface area (Å²) in [6.07, 6.45) is 4.52. The van der Waals surface area contributed by atoms with Crippen LogP contribution in [0.5, 0.6) is 0 Å². The first kappa shape index (κ1) is 16.5. The lowest BCUT2D eigenvalue weighted by Gasteiger charge is -2.28. The molecule has 2 bridgehead atoms. The molecular weight excluding hydrogens is 312 g/mol. The molecule has 0 saturated heterocycles. The molecule has 5 atom stereocenters. The quantitative estimate of drug-likeness (QED) is 0.875. The van der Waals surface area contributed by atoms with Crippen LogP contribution >= 0.6 is 0 Å². The van der Waals surface area contributed by atoms with Crippen molar-refractivity contribution < 1.29 is 13.2 Å². The van der Waals surface area contributed by atoms with E-state index >= 15 is 0 Å². The van der Waals surface area contributed by atoms with Crippen LogP contribution in [-0.2, 0) is 14.6 Å². The Kier molecular flexibility index (Phi) is 4.23. The normalized spacial score (nSPS) is 31.1. The van der Waals surface area contributed by atoms with E-state index in [1.165, 1.54) is 6.26 Å². The maximum Gasteiger partial charge on any atom is 0.225 e. The fraction of sp³-hybridized carbons (Fsp3) is 0.588. The van der Waals surface area contributed by atoms with Gasteiger partial charge in [-0.1, -0.05) is 12.1 Å². The predicted molar refractivity (Wildman–Crippen MR) is 88.4 cm³/mol. The van der Waals surface area contributed by atoms with E-state index < -0.39 is 9.84 Å². The molecule has 5 unspecified atom stereocenters. The second kappa shape index (κ2) is 5.91. The van der Waals surface area contributed by atoms with Gasteiger partial charge in [0.05, 0.1) is 16.9 Å². The number of amides is 1. The maximum atomic E-state index is 12.6. The number of fused-ring (bicyclic) bond motifs is 2. The van der Waals surface area contributed by atoms with Gasteiger partial charge in [-0.05, 0) is 55.7 Å². The summed E-state index contributed by atoms with van der Waals surface area (Å²) < 4.78 is 23.0. The molecule has 0 spiro atoms. The fourth-order valence-corrected chi connectivity index (χ4v) is 4.75. The Bertz CT molecular complexity index is 697. The Morgan fingerprint density at radius 3 is 2.35 bits per heavy atom. The monoisotopic (exact) mass is 336 g/mol. The van der Waals surface area contributed by atoms with E-state index in [4.69, 9.17) is 5.73 Å². The first-order valence-corrected chi connectivity index (χ1v) is 10.0. The van der Waals surface area contributed by atoms with Crippen molar-refractivity contribution >= 4 is 15.7 Å². The van der Waals surface area contributed by atoms with Crippen LogP contribution in [0.3, 0.4) is 0 Å². The molecule has 2 aliphatic rings. The number of nitrogens with one attached hydrogen (secondary N) is 1. The van der Waals surface area contributed by atoms with Gasteiger partial charge in [0, 0.05) is 12.3 Å². The highest BCUT2D eigenvalue weighted by Gasteiger charge is 2.49. The topological polar surface area (TPSA) is 89.3 Å². The molecule has 3 rings (SSSR count). The molecule has 2 saturated carbocycles. The zero-order chi connectivity index (χ0) is 16.8. The van der Waals surface area contributed by atoms with Gasteiger partial charge in [-0.15, -0.1) is 0 Å². The van der Waals surface area contributed by atoms with Crippen LogP contribution in [0.2, 0.25) is 0 Å². The number of carbonyl (C=O) groups excluding carboxylic acids is 1. The van der Waals surface area contributed by atoms with Crippen molar-refractivity contribution in [2.45, 2.75) is 43.2 Å². The molecular formula is C17H24N2O3S. The molecule has 2 aliphatic carbocycles. The highest BCUT2D eigenvalue weighted by molar-refractivity contribution is 7.90. The average Bonchev–Trinajstić information content (AvgIpc) is 3.07. The first-order chi connectivity index (χ1) is 10.8. The number of carbonyl (C=O) groups is 1. The largest absolute Gasteiger partial charge is 0.349 e. The van der Waals surface area contributed by atoms with E-state index in [9.17, 15) is 13.2 Å². The molecule has 3 N–H and O–H groups in total. The van der Waals surface area contributed by atoms with Crippen molar-refractivity contribution in [3.8, 4) is 0 Å². The van der Waals surface area contributed by atoms with Gasteiger partial charge in [-0.25, -0.2) is 8.42 Å². The Morgan fingerprint density at radius 2 is 1.83 bits per heavy atom. The van der Waals surface area contributed by atoms with Gasteiger partial charge >= 0.3 is 0 Å². The molecule has 1 aromatic rings. The summed E-state index contributed by atoms with van der Waals surface area (Å²) >= 11 is 0. The molecule has 23 heavy (non-hydrogen) atoms. The summed E-state index contributed by atoms with van der Waals surface area (Å²) in [7, 11) is -3.20. The maximum absolute atomic E-state index is 12.6. The zero-order valence-electron chi connectivity index (χ0n) is 13.5. The summed E-state index contributed by atoms with van der Waals surface area (Å²) in [5.41, 5.74) is 7.11. The Morgan fingerprint density at radius 1 is 1.22 bits per heavy atom. The van der Waals surface area contributed by atoms with Crippen molar-refractivity contribution in [2.75, 3.05) is 6.26 Å². The lowest BCUT2D eigenvalue weighted by molar-refractivity contribution is -0.127. The third-order valence-electron chi connectivity index (χ3n) is 5.45. The summed E-state index contributed by atoms with van der Waals surface area (Å²) in [4.78, 5) is 12.9. The zero-order valence-corrected chi connectivity index (χ0v) is 14.3. The van der Waals surface area contributed by atoms with Crippen molar-refractivity contribution in [3.05, 3.63) is 29.8 Å². The summed E-state index contributed by atoms with van der Waals surface area (Å²) in [6, 6.07) is 6.48. The fourth-order valence-electron chi connectivity index (χ4n) is 4.12. The lowest BCUT2D eigenvalue weighted by Crippen LogP contribution is -2.45. The van der Waals surface area contributed by atoms with Crippen LogP contribution in [0.4, 0.5) is 0 Å². The van der Waals surface area contributed by atoms with Crippen LogP contribution in [0.1, 0.15) is 37.8 Å². The van der Waals surface area contributed by atoms with E-state index in [1.54, 1.807) is 24.3 Å². The smallest absolute Gasteiger partial charge is 0.225 e. The predicted octanol–water partition coefficient (Wildman–Crippen LogP) is 1.64. The van der Waals surface area contributed by atoms with Gasteiger partial charge in [0.25, 0.3) is 0 Å². The van der Waals surface area contributed by atoms with Gasteiger partial charge in [-0.3, -0.25) is 4.79 Å². The van der Waals surface area contributed by atoms with Gasteiger partial charge in [0.15, 0.2) is 9.84 Å². The molecule has 0 aromatic heterocycles. The third-order valence-corrected chi connectivity index (χ3v) is 6.58. The summed E-state index contributed by atoms with van der Waals surface area (Å²) in [5.74, 6) is 0.880. The molecule has 1 amide bonds. The standard InChI is InChI=1S/C17H24N2O3S/c1-10(11-5-7-14(8-6-11)23(2,21)22)19-17(20)15-12-3-4-13(9-12)16(15)18/h5-8,10,12-13,15-16H,3-4,9,18H2,1-2H3,(H,19,20). The van der Waals surface area contributed by atoms with E-state index in [2.05, 4.69) is 5.32 Å². The van der Waals surface area contributed by atoms with Crippen molar-refractivity contribution in [1.29, 1.82) is 0 Å². The minimum atomic E-state index is -3.20. The van der Waals surface area contributed by atoms with Crippen LogP contribution in [0.15, 0.2) is 29.2 Å². The lowest BCUT2D eigenvalue weighted by atomic mass is 9.84. The highest BCUT2D eigenvalue weighted by Crippen LogP contribution is 2.47. The Hall–Kier alpha value is -1.40. The van der Waals surface area contributed by atoms with Gasteiger partial charge in [0.2, 0.25) is 5.91 Å². The number of hydrogen-bond acceptors (Lipinski definition) is 4.